The predicted molar refractivity (Wildman–Crippen MR) is 94.9 cm³/mol. The van der Waals surface area contributed by atoms with Gasteiger partial charge < -0.3 is 15.5 Å². The van der Waals surface area contributed by atoms with Gasteiger partial charge in [-0.3, -0.25) is 0 Å². The molecule has 0 radical (unpaired) electrons. The molecule has 124 valence electrons. The Morgan fingerprint density at radius 2 is 1.55 bits per heavy atom. The molecule has 2 N–H and O–H groups in total. The fraction of sp³-hybridized carbons (Fsp3) is 0.944. The minimum absolute atomic E-state index is 0.351. The van der Waals surface area contributed by atoms with Crippen LogP contribution >= 0.6 is 12.2 Å². The van der Waals surface area contributed by atoms with Crippen molar-refractivity contribution >= 4 is 17.3 Å². The van der Waals surface area contributed by atoms with Crippen molar-refractivity contribution in [2.45, 2.75) is 63.3 Å². The van der Waals surface area contributed by atoms with Crippen LogP contribution in [0.25, 0.3) is 0 Å². The van der Waals surface area contributed by atoms with Crippen molar-refractivity contribution in [1.82, 2.24) is 15.5 Å². The molecule has 4 bridgehead atoms. The SMILES string of the molecule is S=C(NCCN1CCCCC1)NC12CC3CC(CC(C3)C1)C2. The highest BCUT2D eigenvalue weighted by Gasteiger charge is 2.51. The van der Waals surface area contributed by atoms with Gasteiger partial charge in [-0.15, -0.1) is 0 Å². The zero-order valence-corrected chi connectivity index (χ0v) is 14.6. The average molecular weight is 322 g/mol. The van der Waals surface area contributed by atoms with Crippen LogP contribution in [0.2, 0.25) is 0 Å². The normalized spacial score (nSPS) is 40.6. The Morgan fingerprint density at radius 3 is 2.14 bits per heavy atom. The van der Waals surface area contributed by atoms with Crippen LogP contribution in [0.3, 0.4) is 0 Å². The van der Waals surface area contributed by atoms with E-state index in [4.69, 9.17) is 12.2 Å². The summed E-state index contributed by atoms with van der Waals surface area (Å²) in [5.41, 5.74) is 0.351. The third kappa shape index (κ3) is 3.28. The molecule has 1 saturated heterocycles. The molecule has 0 amide bonds. The highest BCUT2D eigenvalue weighted by molar-refractivity contribution is 7.80. The Bertz CT molecular complexity index is 381. The minimum Gasteiger partial charge on any atom is -0.361 e. The lowest BCUT2D eigenvalue weighted by Gasteiger charge is -2.57. The summed E-state index contributed by atoms with van der Waals surface area (Å²) >= 11 is 5.62. The molecular formula is C18H31N3S. The van der Waals surface area contributed by atoms with E-state index in [0.717, 1.165) is 36.0 Å². The summed E-state index contributed by atoms with van der Waals surface area (Å²) in [5, 5.41) is 8.16. The first-order valence-corrected chi connectivity index (χ1v) is 9.90. The van der Waals surface area contributed by atoms with E-state index < -0.39 is 0 Å². The van der Waals surface area contributed by atoms with Gasteiger partial charge in [0.05, 0.1) is 0 Å². The summed E-state index contributed by atoms with van der Waals surface area (Å²) in [4.78, 5) is 2.57. The molecule has 5 aliphatic rings. The Hall–Kier alpha value is -0.350. The molecule has 4 heteroatoms. The molecule has 22 heavy (non-hydrogen) atoms. The molecule has 4 saturated carbocycles. The van der Waals surface area contributed by atoms with E-state index in [1.165, 1.54) is 70.9 Å². The van der Waals surface area contributed by atoms with Gasteiger partial charge in [0.2, 0.25) is 0 Å². The van der Waals surface area contributed by atoms with Gasteiger partial charge >= 0.3 is 0 Å². The number of rotatable bonds is 4. The van der Waals surface area contributed by atoms with Crippen molar-refractivity contribution in [3.05, 3.63) is 0 Å². The van der Waals surface area contributed by atoms with Crippen LogP contribution < -0.4 is 10.6 Å². The second-order valence-electron chi connectivity index (χ2n) is 8.48. The topological polar surface area (TPSA) is 27.3 Å². The minimum atomic E-state index is 0.351. The van der Waals surface area contributed by atoms with Crippen molar-refractivity contribution in [2.75, 3.05) is 26.2 Å². The van der Waals surface area contributed by atoms with Crippen LogP contribution in [0.5, 0.6) is 0 Å². The summed E-state index contributed by atoms with van der Waals surface area (Å²) in [6.07, 6.45) is 12.7. The van der Waals surface area contributed by atoms with Crippen molar-refractivity contribution in [3.63, 3.8) is 0 Å². The molecule has 3 nitrogen and oxygen atoms in total. The fourth-order valence-electron chi connectivity index (χ4n) is 6.06. The lowest BCUT2D eigenvalue weighted by Crippen LogP contribution is -2.61. The van der Waals surface area contributed by atoms with E-state index in [2.05, 4.69) is 15.5 Å². The zero-order valence-electron chi connectivity index (χ0n) is 13.8. The summed E-state index contributed by atoms with van der Waals surface area (Å²) in [6, 6.07) is 0. The maximum atomic E-state index is 5.62. The Balaban J connectivity index is 1.24. The number of nitrogens with zero attached hydrogens (tertiary/aromatic N) is 1. The Kier molecular flexibility index (Phi) is 4.33. The van der Waals surface area contributed by atoms with Gasteiger partial charge in [-0.05, 0) is 94.4 Å². The molecular weight excluding hydrogens is 290 g/mol. The summed E-state index contributed by atoms with van der Waals surface area (Å²) < 4.78 is 0. The van der Waals surface area contributed by atoms with Crippen molar-refractivity contribution < 1.29 is 0 Å². The van der Waals surface area contributed by atoms with E-state index in [1.54, 1.807) is 0 Å². The lowest BCUT2D eigenvalue weighted by molar-refractivity contribution is -0.0101. The van der Waals surface area contributed by atoms with Gasteiger partial charge in [0, 0.05) is 18.6 Å². The standard InChI is InChI=1S/C18H31N3S/c22-17(19-4-7-21-5-2-1-3-6-21)20-18-11-14-8-15(12-18)10-16(9-14)13-18/h14-16H,1-13H2,(H2,19,20,22). The predicted octanol–water partition coefficient (Wildman–Crippen LogP) is 2.91. The molecule has 0 aromatic heterocycles. The maximum absolute atomic E-state index is 5.62. The van der Waals surface area contributed by atoms with Crippen molar-refractivity contribution in [2.24, 2.45) is 17.8 Å². The molecule has 4 aliphatic carbocycles. The number of nitrogens with one attached hydrogen (secondary N) is 2. The second-order valence-corrected chi connectivity index (χ2v) is 8.89. The monoisotopic (exact) mass is 321 g/mol. The van der Waals surface area contributed by atoms with E-state index in [-0.39, 0.29) is 0 Å². The van der Waals surface area contributed by atoms with Gasteiger partial charge in [-0.25, -0.2) is 0 Å². The first-order chi connectivity index (χ1) is 10.7. The van der Waals surface area contributed by atoms with Gasteiger partial charge in [0.25, 0.3) is 0 Å². The van der Waals surface area contributed by atoms with E-state index in [9.17, 15) is 0 Å². The molecule has 0 spiro atoms. The van der Waals surface area contributed by atoms with E-state index in [1.807, 2.05) is 0 Å². The van der Waals surface area contributed by atoms with Crippen LogP contribution in [0.15, 0.2) is 0 Å². The number of thiocarbonyl (C=S) groups is 1. The average Bonchev–Trinajstić information content (AvgIpc) is 2.46. The zero-order chi connectivity index (χ0) is 15.0. The molecule has 5 fully saturated rings. The first kappa shape index (κ1) is 15.2. The number of likely N-dealkylation sites (tertiary alicyclic amines) is 1. The van der Waals surface area contributed by atoms with Crippen LogP contribution in [-0.4, -0.2) is 41.7 Å². The first-order valence-electron chi connectivity index (χ1n) is 9.49. The quantitative estimate of drug-likeness (QED) is 0.779. The molecule has 0 aromatic carbocycles. The number of piperidine rings is 1. The largest absolute Gasteiger partial charge is 0.361 e. The Morgan fingerprint density at radius 1 is 0.955 bits per heavy atom. The van der Waals surface area contributed by atoms with Crippen LogP contribution in [0.1, 0.15) is 57.8 Å². The molecule has 0 atom stereocenters. The van der Waals surface area contributed by atoms with Crippen LogP contribution in [0.4, 0.5) is 0 Å². The van der Waals surface area contributed by atoms with Crippen molar-refractivity contribution in [3.8, 4) is 0 Å². The third-order valence-corrected chi connectivity index (χ3v) is 6.83. The van der Waals surface area contributed by atoms with E-state index >= 15 is 0 Å². The highest BCUT2D eigenvalue weighted by Crippen LogP contribution is 2.55. The molecule has 0 unspecified atom stereocenters. The number of hydrogen-bond acceptors (Lipinski definition) is 2. The Labute approximate surface area is 140 Å². The fourth-order valence-corrected chi connectivity index (χ4v) is 6.38. The summed E-state index contributed by atoms with van der Waals surface area (Å²) in [7, 11) is 0. The van der Waals surface area contributed by atoms with Crippen molar-refractivity contribution in [1.29, 1.82) is 0 Å². The molecule has 1 heterocycles. The lowest BCUT2D eigenvalue weighted by atomic mass is 9.53. The van der Waals surface area contributed by atoms with E-state index in [0.29, 0.717) is 5.54 Å². The molecule has 0 aromatic rings. The van der Waals surface area contributed by atoms with Crippen LogP contribution in [0, 0.1) is 17.8 Å². The summed E-state index contributed by atoms with van der Waals surface area (Å²) in [5.74, 6) is 2.94. The van der Waals surface area contributed by atoms with Gasteiger partial charge in [-0.2, -0.15) is 0 Å². The van der Waals surface area contributed by atoms with Gasteiger partial charge in [-0.1, -0.05) is 6.42 Å². The second kappa shape index (κ2) is 6.27. The van der Waals surface area contributed by atoms with Gasteiger partial charge in [0.15, 0.2) is 5.11 Å². The summed E-state index contributed by atoms with van der Waals surface area (Å²) in [6.45, 7) is 4.69. The molecule has 5 rings (SSSR count). The smallest absolute Gasteiger partial charge is 0.166 e. The number of hydrogen-bond donors (Lipinski definition) is 2. The molecule has 1 aliphatic heterocycles. The van der Waals surface area contributed by atoms with Crippen LogP contribution in [-0.2, 0) is 0 Å². The highest BCUT2D eigenvalue weighted by atomic mass is 32.1. The third-order valence-electron chi connectivity index (χ3n) is 6.58. The maximum Gasteiger partial charge on any atom is 0.166 e. The van der Waals surface area contributed by atoms with Gasteiger partial charge in [0.1, 0.15) is 0 Å².